The van der Waals surface area contributed by atoms with E-state index in [0.29, 0.717) is 26.1 Å². The summed E-state index contributed by atoms with van der Waals surface area (Å²) in [7, 11) is 0. The summed E-state index contributed by atoms with van der Waals surface area (Å²) in [5.41, 5.74) is 4.03. The average molecular weight is 454 g/mol. The maximum absolute atomic E-state index is 12.5. The number of pyridine rings is 1. The van der Waals surface area contributed by atoms with Crippen molar-refractivity contribution in [2.45, 2.75) is 30.9 Å². The molecule has 170 valence electrons. The molecule has 0 spiro atoms. The molecule has 0 unspecified atom stereocenters. The zero-order chi connectivity index (χ0) is 23.6. The van der Waals surface area contributed by atoms with E-state index in [0.717, 1.165) is 28.1 Å². The highest BCUT2D eigenvalue weighted by Gasteiger charge is 2.72. The van der Waals surface area contributed by atoms with Gasteiger partial charge in [-0.1, -0.05) is 12.1 Å². The fraction of sp³-hybridized carbons (Fsp3) is 0.400. The van der Waals surface area contributed by atoms with Gasteiger partial charge in [0.1, 0.15) is 11.5 Å². The molecule has 1 N–H and O–H groups in total. The average Bonchev–Trinajstić information content (AvgIpc) is 3.20. The molecule has 34 heavy (non-hydrogen) atoms. The second-order valence-corrected chi connectivity index (χ2v) is 9.44. The zero-order valence-corrected chi connectivity index (χ0v) is 18.6. The molecule has 5 atom stereocenters. The van der Waals surface area contributed by atoms with Gasteiger partial charge in [0.25, 0.3) is 0 Å². The first-order valence-electron chi connectivity index (χ1n) is 11.3. The summed E-state index contributed by atoms with van der Waals surface area (Å²) in [6, 6.07) is 12.3. The number of hydrogen-bond acceptors (Lipinski definition) is 6. The number of carbonyl (C=O) groups excluding carboxylic acids is 2. The summed E-state index contributed by atoms with van der Waals surface area (Å²) < 4.78 is 5.47. The lowest BCUT2D eigenvalue weighted by Crippen LogP contribution is -2.40. The number of benzene rings is 1. The van der Waals surface area contributed by atoms with Crippen molar-refractivity contribution in [3.8, 4) is 17.2 Å². The van der Waals surface area contributed by atoms with Gasteiger partial charge in [0.2, 0.25) is 5.91 Å². The Kier molecular flexibility index (Phi) is 4.34. The molecule has 9 nitrogen and oxygen atoms in total. The summed E-state index contributed by atoms with van der Waals surface area (Å²) in [6.45, 7) is 10.2. The zero-order valence-electron chi connectivity index (χ0n) is 18.6. The first-order valence-corrected chi connectivity index (χ1v) is 11.3. The minimum absolute atomic E-state index is 0.134. The number of anilines is 1. The number of ether oxygens (including phenoxy) is 1. The summed E-state index contributed by atoms with van der Waals surface area (Å²) in [5, 5.41) is 14.3. The van der Waals surface area contributed by atoms with Crippen molar-refractivity contribution in [1.82, 2.24) is 15.3 Å². The van der Waals surface area contributed by atoms with Gasteiger partial charge in [0.05, 0.1) is 43.1 Å². The number of nitrogens with one attached hydrogen (secondary N) is 1. The van der Waals surface area contributed by atoms with Crippen LogP contribution in [-0.2, 0) is 21.4 Å². The van der Waals surface area contributed by atoms with Crippen molar-refractivity contribution < 1.29 is 14.3 Å². The van der Waals surface area contributed by atoms with Crippen LogP contribution >= 0.6 is 0 Å². The highest BCUT2D eigenvalue weighted by Crippen LogP contribution is 2.62. The molecular formula is C25H22N6O3. The number of carbonyl (C=O) groups is 2. The number of piperidine rings is 1. The minimum atomic E-state index is -0.578. The fourth-order valence-electron chi connectivity index (χ4n) is 5.98. The molecule has 3 aliphatic heterocycles. The van der Waals surface area contributed by atoms with Crippen LogP contribution in [0.5, 0.6) is 0 Å². The number of fused-ring (bicyclic) bond motifs is 4. The molecule has 1 aliphatic carbocycles. The van der Waals surface area contributed by atoms with Gasteiger partial charge >= 0.3 is 6.09 Å². The fourth-order valence-corrected chi connectivity index (χ4v) is 5.98. The van der Waals surface area contributed by atoms with E-state index in [-0.39, 0.29) is 36.0 Å². The SMILES string of the molecule is [C-]#[N+]N1C[C@@H]2[C@H](C1)[C@@]2(C#N)c1ccc(-c2ccc3c(c2)C[C@H]2[C@H](CNC(C)=O)OC(=O)N32)cn1. The van der Waals surface area contributed by atoms with Crippen LogP contribution in [0.15, 0.2) is 36.5 Å². The molecule has 0 bridgehead atoms. The van der Waals surface area contributed by atoms with Crippen LogP contribution in [0, 0.1) is 29.7 Å². The first kappa shape index (κ1) is 20.5. The van der Waals surface area contributed by atoms with Gasteiger partial charge in [-0.3, -0.25) is 14.7 Å². The molecule has 1 saturated carbocycles. The molecule has 6 rings (SSSR count). The Labute approximate surface area is 196 Å². The van der Waals surface area contributed by atoms with E-state index in [9.17, 15) is 14.9 Å². The molecule has 2 aromatic rings. The van der Waals surface area contributed by atoms with E-state index in [1.807, 2.05) is 24.3 Å². The second-order valence-electron chi connectivity index (χ2n) is 9.44. The number of hydrogen-bond donors (Lipinski definition) is 1. The minimum Gasteiger partial charge on any atom is -0.442 e. The number of nitriles is 1. The van der Waals surface area contributed by atoms with Crippen molar-refractivity contribution in [1.29, 1.82) is 5.26 Å². The topological polar surface area (TPSA) is 103 Å². The molecule has 2 saturated heterocycles. The van der Waals surface area contributed by atoms with Gasteiger partial charge in [0.15, 0.2) is 0 Å². The molecule has 1 aromatic carbocycles. The molecule has 3 fully saturated rings. The van der Waals surface area contributed by atoms with Gasteiger partial charge < -0.3 is 10.1 Å². The van der Waals surface area contributed by atoms with Crippen molar-refractivity contribution in [3.63, 3.8) is 0 Å². The number of nitrogens with zero attached hydrogens (tertiary/aromatic N) is 5. The van der Waals surface area contributed by atoms with Gasteiger partial charge in [-0.15, -0.1) is 5.01 Å². The van der Waals surface area contributed by atoms with Crippen LogP contribution in [0.25, 0.3) is 16.1 Å². The number of cyclic esters (lactones) is 1. The molecular weight excluding hydrogens is 432 g/mol. The standard InChI is InChI=1S/C25H22N6O3/c1-14(32)28-10-22-21-8-17-7-15(3-5-20(17)31(21)24(33)34-22)16-4-6-23(29-9-16)25(13-26)18-11-30(27-2)12-19(18)25/h3-7,9,18-19,21-22H,8,10-12H2,1H3,(H,28,32)/t18-,19+,21-,22-,25+/m0/s1. The van der Waals surface area contributed by atoms with Crippen LogP contribution in [-0.4, -0.2) is 53.8 Å². The predicted octanol–water partition coefficient (Wildman–Crippen LogP) is 2.29. The maximum Gasteiger partial charge on any atom is 0.415 e. The summed E-state index contributed by atoms with van der Waals surface area (Å²) in [6.07, 6.45) is 1.70. The third-order valence-corrected chi connectivity index (χ3v) is 7.74. The van der Waals surface area contributed by atoms with Gasteiger partial charge in [-0.25, -0.2) is 4.79 Å². The maximum atomic E-state index is 12.5. The van der Waals surface area contributed by atoms with Crippen LogP contribution in [0.3, 0.4) is 0 Å². The van der Waals surface area contributed by atoms with Crippen LogP contribution in [0.4, 0.5) is 10.5 Å². The Morgan fingerprint density at radius 2 is 2.09 bits per heavy atom. The van der Waals surface area contributed by atoms with Crippen molar-refractivity contribution in [2.75, 3.05) is 24.5 Å². The molecule has 0 radical (unpaired) electrons. The summed E-state index contributed by atoms with van der Waals surface area (Å²) in [5.74, 6) is 0.187. The number of rotatable bonds is 4. The normalized spacial score (nSPS) is 30.0. The van der Waals surface area contributed by atoms with E-state index < -0.39 is 5.41 Å². The van der Waals surface area contributed by atoms with E-state index in [1.54, 1.807) is 16.1 Å². The monoisotopic (exact) mass is 454 g/mol. The quantitative estimate of drug-likeness (QED) is 0.711. The van der Waals surface area contributed by atoms with Crippen LogP contribution in [0.1, 0.15) is 18.2 Å². The predicted molar refractivity (Wildman–Crippen MR) is 121 cm³/mol. The number of amides is 2. The third-order valence-electron chi connectivity index (χ3n) is 7.74. The molecule has 4 heterocycles. The van der Waals surface area contributed by atoms with E-state index in [4.69, 9.17) is 11.3 Å². The number of aromatic nitrogens is 1. The molecule has 4 aliphatic rings. The smallest absolute Gasteiger partial charge is 0.415 e. The van der Waals surface area contributed by atoms with Gasteiger partial charge in [-0.2, -0.15) is 16.8 Å². The Morgan fingerprint density at radius 1 is 1.32 bits per heavy atom. The Hall–Kier alpha value is -4.11. The van der Waals surface area contributed by atoms with E-state index in [2.05, 4.69) is 27.4 Å². The molecule has 1 aromatic heterocycles. The van der Waals surface area contributed by atoms with Gasteiger partial charge in [-0.05, 0) is 35.7 Å². The second kappa shape index (κ2) is 7.19. The largest absolute Gasteiger partial charge is 0.442 e. The Bertz CT molecular complexity index is 1280. The lowest BCUT2D eigenvalue weighted by Gasteiger charge is -2.16. The van der Waals surface area contributed by atoms with E-state index >= 15 is 0 Å². The van der Waals surface area contributed by atoms with Crippen LogP contribution < -0.4 is 10.2 Å². The highest BCUT2D eigenvalue weighted by atomic mass is 16.6. The Morgan fingerprint density at radius 3 is 2.74 bits per heavy atom. The molecule has 9 heteroatoms. The van der Waals surface area contributed by atoms with Gasteiger partial charge in [0, 0.05) is 30.5 Å². The van der Waals surface area contributed by atoms with Crippen LogP contribution in [0.2, 0.25) is 0 Å². The summed E-state index contributed by atoms with van der Waals surface area (Å²) in [4.78, 5) is 33.6. The van der Waals surface area contributed by atoms with Crippen molar-refractivity contribution >= 4 is 17.7 Å². The van der Waals surface area contributed by atoms with E-state index in [1.165, 1.54) is 6.92 Å². The van der Waals surface area contributed by atoms with Crippen molar-refractivity contribution in [2.24, 2.45) is 11.8 Å². The highest BCUT2D eigenvalue weighted by molar-refractivity contribution is 5.94. The lowest BCUT2D eigenvalue weighted by atomic mass is 9.95. The molecule has 2 amide bonds. The lowest BCUT2D eigenvalue weighted by molar-refractivity contribution is -0.119. The summed E-state index contributed by atoms with van der Waals surface area (Å²) >= 11 is 0. The Balaban J connectivity index is 1.22. The third kappa shape index (κ3) is 2.80. The first-order chi connectivity index (χ1) is 16.5. The van der Waals surface area contributed by atoms with Crippen molar-refractivity contribution in [3.05, 3.63) is 59.3 Å².